The Morgan fingerprint density at radius 2 is 2.50 bits per heavy atom. The van der Waals surface area contributed by atoms with E-state index in [1.807, 2.05) is 0 Å². The molecule has 4 heteroatoms. The Kier molecular flexibility index (Phi) is 2.37. The summed E-state index contributed by atoms with van der Waals surface area (Å²) in [5, 5.41) is 13.3. The summed E-state index contributed by atoms with van der Waals surface area (Å²) in [4.78, 5) is 0.899. The summed E-state index contributed by atoms with van der Waals surface area (Å²) >= 11 is 1.29. The van der Waals surface area contributed by atoms with Gasteiger partial charge >= 0.3 is 0 Å². The fraction of sp³-hybridized carbons (Fsp3) is 0.750. The molecule has 1 heterocycles. The second-order valence-corrected chi connectivity index (χ2v) is 4.17. The van der Waals surface area contributed by atoms with Gasteiger partial charge in [0, 0.05) is 0 Å². The predicted molar refractivity (Wildman–Crippen MR) is 46.8 cm³/mol. The third kappa shape index (κ3) is 2.01. The molecule has 0 aromatic carbocycles. The number of rotatable bonds is 4. The zero-order chi connectivity index (χ0) is 8.39. The van der Waals surface area contributed by atoms with E-state index in [2.05, 4.69) is 9.59 Å². The number of aliphatic hydroxyl groups excluding tert-OH is 1. The van der Waals surface area contributed by atoms with Crippen LogP contribution >= 0.6 is 11.5 Å². The average molecular weight is 184 g/mol. The van der Waals surface area contributed by atoms with Crippen LogP contribution < -0.4 is 0 Å². The van der Waals surface area contributed by atoms with E-state index in [0.717, 1.165) is 23.6 Å². The molecule has 0 aliphatic heterocycles. The molecule has 0 amide bonds. The van der Waals surface area contributed by atoms with Gasteiger partial charge in [0.05, 0.1) is 17.2 Å². The first-order valence-corrected chi connectivity index (χ1v) is 5.09. The molecule has 1 aliphatic carbocycles. The van der Waals surface area contributed by atoms with Gasteiger partial charge in [-0.15, -0.1) is 5.10 Å². The first-order valence-electron chi connectivity index (χ1n) is 4.31. The standard InChI is InChI=1S/C8H12N2OS/c11-7(4-3-6-1-2-6)8-5-9-10-12-8/h5-7,11H,1-4H2. The van der Waals surface area contributed by atoms with Crippen molar-refractivity contribution in [2.45, 2.75) is 31.8 Å². The predicted octanol–water partition coefficient (Wildman–Crippen LogP) is 1.76. The molecule has 0 bridgehead atoms. The fourth-order valence-electron chi connectivity index (χ4n) is 1.26. The topological polar surface area (TPSA) is 46.0 Å². The lowest BCUT2D eigenvalue weighted by Crippen LogP contribution is -1.94. The van der Waals surface area contributed by atoms with Gasteiger partial charge in [-0.25, -0.2) is 0 Å². The zero-order valence-corrected chi connectivity index (χ0v) is 7.63. The van der Waals surface area contributed by atoms with Gasteiger partial charge in [-0.05, 0) is 30.3 Å². The number of nitrogens with zero attached hydrogens (tertiary/aromatic N) is 2. The largest absolute Gasteiger partial charge is 0.387 e. The summed E-state index contributed by atoms with van der Waals surface area (Å²) in [5.74, 6) is 0.889. The second-order valence-electron chi connectivity index (χ2n) is 3.36. The van der Waals surface area contributed by atoms with Crippen LogP contribution in [-0.2, 0) is 0 Å². The smallest absolute Gasteiger partial charge is 0.0914 e. The molecule has 66 valence electrons. The van der Waals surface area contributed by atoms with E-state index in [4.69, 9.17) is 0 Å². The van der Waals surface area contributed by atoms with Crippen LogP contribution in [0.5, 0.6) is 0 Å². The summed E-state index contributed by atoms with van der Waals surface area (Å²) in [6, 6.07) is 0. The van der Waals surface area contributed by atoms with Crippen LogP contribution in [0.3, 0.4) is 0 Å². The molecular formula is C8H12N2OS. The zero-order valence-electron chi connectivity index (χ0n) is 6.81. The molecule has 1 aromatic heterocycles. The summed E-state index contributed by atoms with van der Waals surface area (Å²) in [6.45, 7) is 0. The van der Waals surface area contributed by atoms with Crippen molar-refractivity contribution in [3.63, 3.8) is 0 Å². The molecule has 1 N–H and O–H groups in total. The highest BCUT2D eigenvalue weighted by atomic mass is 32.1. The lowest BCUT2D eigenvalue weighted by Gasteiger charge is -2.05. The van der Waals surface area contributed by atoms with Gasteiger partial charge in [-0.3, -0.25) is 0 Å². The fourth-order valence-corrected chi connectivity index (χ4v) is 1.79. The molecule has 0 saturated heterocycles. The van der Waals surface area contributed by atoms with Crippen LogP contribution in [-0.4, -0.2) is 14.7 Å². The average Bonchev–Trinajstić information content (AvgIpc) is 2.74. The van der Waals surface area contributed by atoms with E-state index in [1.54, 1.807) is 6.20 Å². The quantitative estimate of drug-likeness (QED) is 0.775. The molecule has 0 radical (unpaired) electrons. The summed E-state index contributed by atoms with van der Waals surface area (Å²) in [7, 11) is 0. The maximum absolute atomic E-state index is 9.62. The van der Waals surface area contributed by atoms with Crippen LogP contribution in [0, 0.1) is 5.92 Å². The van der Waals surface area contributed by atoms with E-state index in [0.29, 0.717) is 0 Å². The number of hydrogen-bond acceptors (Lipinski definition) is 4. The molecule has 2 rings (SSSR count). The third-order valence-electron chi connectivity index (χ3n) is 2.25. The van der Waals surface area contributed by atoms with Crippen LogP contribution in [0.4, 0.5) is 0 Å². The minimum Gasteiger partial charge on any atom is -0.387 e. The number of aromatic nitrogens is 2. The van der Waals surface area contributed by atoms with Gasteiger partial charge in [-0.1, -0.05) is 17.3 Å². The van der Waals surface area contributed by atoms with Crippen molar-refractivity contribution in [1.29, 1.82) is 0 Å². The maximum atomic E-state index is 9.62. The molecule has 1 atom stereocenters. The highest BCUT2D eigenvalue weighted by Gasteiger charge is 2.22. The van der Waals surface area contributed by atoms with Crippen LogP contribution in [0.25, 0.3) is 0 Å². The second kappa shape index (κ2) is 3.49. The van der Waals surface area contributed by atoms with E-state index in [-0.39, 0.29) is 6.10 Å². The van der Waals surface area contributed by atoms with E-state index in [1.165, 1.54) is 24.4 Å². The highest BCUT2D eigenvalue weighted by molar-refractivity contribution is 7.05. The van der Waals surface area contributed by atoms with E-state index < -0.39 is 0 Å². The molecule has 1 aromatic rings. The lowest BCUT2D eigenvalue weighted by molar-refractivity contribution is 0.166. The van der Waals surface area contributed by atoms with E-state index in [9.17, 15) is 5.11 Å². The third-order valence-corrected chi connectivity index (χ3v) is 3.02. The minimum absolute atomic E-state index is 0.328. The van der Waals surface area contributed by atoms with Crippen molar-refractivity contribution >= 4 is 11.5 Å². The van der Waals surface area contributed by atoms with E-state index >= 15 is 0 Å². The first-order chi connectivity index (χ1) is 5.86. The van der Waals surface area contributed by atoms with Gasteiger partial charge in [0.2, 0.25) is 0 Å². The Labute approximate surface area is 75.6 Å². The molecule has 12 heavy (non-hydrogen) atoms. The van der Waals surface area contributed by atoms with Gasteiger partial charge < -0.3 is 5.11 Å². The van der Waals surface area contributed by atoms with Crippen LogP contribution in [0.2, 0.25) is 0 Å². The molecule has 1 unspecified atom stereocenters. The van der Waals surface area contributed by atoms with Crippen molar-refractivity contribution < 1.29 is 5.11 Å². The maximum Gasteiger partial charge on any atom is 0.0914 e. The number of hydrogen-bond donors (Lipinski definition) is 1. The Bertz CT molecular complexity index is 233. The van der Waals surface area contributed by atoms with Crippen molar-refractivity contribution in [1.82, 2.24) is 9.59 Å². The van der Waals surface area contributed by atoms with Crippen LogP contribution in [0.15, 0.2) is 6.20 Å². The SMILES string of the molecule is OC(CCC1CC1)c1cnns1. The van der Waals surface area contributed by atoms with Gasteiger partial charge in [0.25, 0.3) is 0 Å². The van der Waals surface area contributed by atoms with Gasteiger partial charge in [0.1, 0.15) is 0 Å². The first kappa shape index (κ1) is 8.13. The highest BCUT2D eigenvalue weighted by Crippen LogP contribution is 2.36. The Hall–Kier alpha value is -0.480. The monoisotopic (exact) mass is 184 g/mol. The minimum atomic E-state index is -0.328. The Morgan fingerprint density at radius 1 is 1.67 bits per heavy atom. The molecule has 1 saturated carbocycles. The Morgan fingerprint density at radius 3 is 3.08 bits per heavy atom. The van der Waals surface area contributed by atoms with Crippen LogP contribution in [0.1, 0.15) is 36.7 Å². The summed E-state index contributed by atoms with van der Waals surface area (Å²) < 4.78 is 3.72. The van der Waals surface area contributed by atoms with Gasteiger partial charge in [0.15, 0.2) is 0 Å². The molecule has 3 nitrogen and oxygen atoms in total. The molecule has 1 fully saturated rings. The normalized spacial score (nSPS) is 19.4. The number of aliphatic hydroxyl groups is 1. The molecular weight excluding hydrogens is 172 g/mol. The molecule has 1 aliphatic rings. The summed E-state index contributed by atoms with van der Waals surface area (Å²) in [5.41, 5.74) is 0. The van der Waals surface area contributed by atoms with Gasteiger partial charge in [-0.2, -0.15) is 0 Å². The van der Waals surface area contributed by atoms with Crippen molar-refractivity contribution in [3.05, 3.63) is 11.1 Å². The lowest BCUT2D eigenvalue weighted by atomic mass is 10.1. The summed E-state index contributed by atoms with van der Waals surface area (Å²) in [6.07, 6.45) is 6.06. The van der Waals surface area contributed by atoms with Crippen molar-refractivity contribution in [2.24, 2.45) is 5.92 Å². The molecule has 0 spiro atoms. The Balaban J connectivity index is 1.79. The van der Waals surface area contributed by atoms with Crippen molar-refractivity contribution in [2.75, 3.05) is 0 Å². The van der Waals surface area contributed by atoms with Crippen molar-refractivity contribution in [3.8, 4) is 0 Å².